The van der Waals surface area contributed by atoms with E-state index in [0.29, 0.717) is 0 Å². The van der Waals surface area contributed by atoms with Crippen LogP contribution in [0.15, 0.2) is 78.9 Å². The monoisotopic (exact) mass is 307 g/mol. The van der Waals surface area contributed by atoms with Crippen molar-refractivity contribution in [1.29, 1.82) is 0 Å². The minimum Gasteiger partial charge on any atom is -0.399 e. The Kier molecular flexibility index (Phi) is 7.79. The van der Waals surface area contributed by atoms with Gasteiger partial charge < -0.3 is 17.2 Å². The van der Waals surface area contributed by atoms with Gasteiger partial charge in [0.2, 0.25) is 0 Å². The molecule has 120 valence electrons. The summed E-state index contributed by atoms with van der Waals surface area (Å²) in [6.07, 6.45) is 0. The van der Waals surface area contributed by atoms with Crippen LogP contribution < -0.4 is 17.2 Å². The minimum atomic E-state index is 0.822. The third-order valence-electron chi connectivity index (χ3n) is 3.18. The third kappa shape index (κ3) is 7.58. The zero-order valence-electron chi connectivity index (χ0n) is 13.7. The zero-order chi connectivity index (χ0) is 17.1. The molecule has 6 N–H and O–H groups in total. The molecule has 3 aromatic carbocycles. The van der Waals surface area contributed by atoms with Crippen LogP contribution in [-0.4, -0.2) is 0 Å². The molecule has 3 rings (SSSR count). The summed E-state index contributed by atoms with van der Waals surface area (Å²) < 4.78 is 0. The van der Waals surface area contributed by atoms with E-state index >= 15 is 0 Å². The fourth-order valence-corrected chi connectivity index (χ4v) is 1.63. The molecule has 0 aliphatic carbocycles. The molecule has 3 aromatic rings. The Hall–Kier alpha value is -2.94. The maximum Gasteiger partial charge on any atom is 0.0343 e. The summed E-state index contributed by atoms with van der Waals surface area (Å²) >= 11 is 0. The Balaban J connectivity index is 0.000000173. The van der Waals surface area contributed by atoms with Crippen LogP contribution >= 0.6 is 0 Å². The fourth-order valence-electron chi connectivity index (χ4n) is 1.63. The van der Waals surface area contributed by atoms with Crippen LogP contribution in [0, 0.1) is 13.8 Å². The lowest BCUT2D eigenvalue weighted by molar-refractivity contribution is 1.47. The normalized spacial score (nSPS) is 8.96. The van der Waals surface area contributed by atoms with Gasteiger partial charge >= 0.3 is 0 Å². The average Bonchev–Trinajstić information content (AvgIpc) is 2.55. The van der Waals surface area contributed by atoms with E-state index < -0.39 is 0 Å². The van der Waals surface area contributed by atoms with Gasteiger partial charge in [0.15, 0.2) is 0 Å². The molecule has 0 bridgehead atoms. The van der Waals surface area contributed by atoms with Crippen LogP contribution in [0.2, 0.25) is 0 Å². The van der Waals surface area contributed by atoms with Crippen LogP contribution in [0.5, 0.6) is 0 Å². The zero-order valence-corrected chi connectivity index (χ0v) is 13.7. The first kappa shape index (κ1) is 18.1. The summed E-state index contributed by atoms with van der Waals surface area (Å²) in [5, 5.41) is 0. The Labute approximate surface area is 138 Å². The molecule has 0 aliphatic rings. The standard InChI is InChI=1S/2C7H9N.C6H7N/c2*1-6-4-2-3-5-7(6)8;7-6-4-2-1-3-5-6/h2*2-5H,8H2,1H3;1-5H,7H2. The number of benzene rings is 3. The number of anilines is 3. The molecule has 0 aromatic heterocycles. The highest BCUT2D eigenvalue weighted by molar-refractivity contribution is 5.45. The molecule has 0 unspecified atom stereocenters. The van der Waals surface area contributed by atoms with Gasteiger partial charge in [-0.2, -0.15) is 0 Å². The maximum absolute atomic E-state index is 5.52. The van der Waals surface area contributed by atoms with Crippen molar-refractivity contribution >= 4 is 17.1 Å². The topological polar surface area (TPSA) is 78.1 Å². The Morgan fingerprint density at radius 3 is 1.04 bits per heavy atom. The number of para-hydroxylation sites is 3. The van der Waals surface area contributed by atoms with E-state index in [-0.39, 0.29) is 0 Å². The first-order valence-electron chi connectivity index (χ1n) is 7.43. The molecular formula is C20H25N3. The van der Waals surface area contributed by atoms with Crippen molar-refractivity contribution < 1.29 is 0 Å². The van der Waals surface area contributed by atoms with Gasteiger partial charge in [0.25, 0.3) is 0 Å². The number of aryl methyl sites for hydroxylation is 2. The van der Waals surface area contributed by atoms with Gasteiger partial charge in [0.1, 0.15) is 0 Å². The Morgan fingerprint density at radius 1 is 0.478 bits per heavy atom. The van der Waals surface area contributed by atoms with E-state index in [1.165, 1.54) is 0 Å². The van der Waals surface area contributed by atoms with Gasteiger partial charge in [0, 0.05) is 17.1 Å². The number of hydrogen-bond acceptors (Lipinski definition) is 3. The SMILES string of the molecule is Cc1ccccc1N.Cc1ccccc1N.Nc1ccccc1. The van der Waals surface area contributed by atoms with E-state index in [9.17, 15) is 0 Å². The summed E-state index contributed by atoms with van der Waals surface area (Å²) in [4.78, 5) is 0. The molecule has 0 saturated carbocycles. The van der Waals surface area contributed by atoms with Crippen molar-refractivity contribution in [2.24, 2.45) is 0 Å². The van der Waals surface area contributed by atoms with Crippen molar-refractivity contribution in [2.45, 2.75) is 13.8 Å². The van der Waals surface area contributed by atoms with Gasteiger partial charge in [-0.25, -0.2) is 0 Å². The molecule has 3 heteroatoms. The number of nitrogens with two attached hydrogens (primary N) is 3. The molecule has 0 saturated heterocycles. The lowest BCUT2D eigenvalue weighted by Crippen LogP contribution is -1.85. The molecule has 0 amide bonds. The summed E-state index contributed by atoms with van der Waals surface area (Å²) in [6.45, 7) is 3.99. The Morgan fingerprint density at radius 2 is 0.826 bits per heavy atom. The van der Waals surface area contributed by atoms with Crippen molar-refractivity contribution in [3.63, 3.8) is 0 Å². The molecule has 0 atom stereocenters. The summed E-state index contributed by atoms with van der Waals surface area (Å²) in [5.41, 5.74) is 21.2. The highest BCUT2D eigenvalue weighted by atomic mass is 14.6. The molecule has 0 heterocycles. The second kappa shape index (κ2) is 9.90. The van der Waals surface area contributed by atoms with Crippen LogP contribution in [-0.2, 0) is 0 Å². The molecule has 0 spiro atoms. The van der Waals surface area contributed by atoms with Crippen molar-refractivity contribution in [3.8, 4) is 0 Å². The summed E-state index contributed by atoms with van der Waals surface area (Å²) in [5.74, 6) is 0. The van der Waals surface area contributed by atoms with E-state index in [1.807, 2.05) is 92.7 Å². The van der Waals surface area contributed by atoms with E-state index in [1.54, 1.807) is 0 Å². The van der Waals surface area contributed by atoms with Crippen LogP contribution in [0.3, 0.4) is 0 Å². The van der Waals surface area contributed by atoms with Crippen LogP contribution in [0.25, 0.3) is 0 Å². The van der Waals surface area contributed by atoms with Gasteiger partial charge in [0.05, 0.1) is 0 Å². The number of nitrogen functional groups attached to an aromatic ring is 3. The number of rotatable bonds is 0. The average molecular weight is 307 g/mol. The molecule has 0 fully saturated rings. The highest BCUT2D eigenvalue weighted by Crippen LogP contribution is 2.07. The minimum absolute atomic E-state index is 0.822. The maximum atomic E-state index is 5.52. The smallest absolute Gasteiger partial charge is 0.0343 e. The van der Waals surface area contributed by atoms with Crippen molar-refractivity contribution in [3.05, 3.63) is 90.0 Å². The number of hydrogen-bond donors (Lipinski definition) is 3. The predicted octanol–water partition coefficient (Wildman–Crippen LogP) is 4.42. The van der Waals surface area contributed by atoms with Gasteiger partial charge in [-0.1, -0.05) is 54.6 Å². The summed E-state index contributed by atoms with van der Waals surface area (Å²) in [7, 11) is 0. The second-order valence-corrected chi connectivity index (χ2v) is 5.12. The van der Waals surface area contributed by atoms with Crippen molar-refractivity contribution in [1.82, 2.24) is 0 Å². The van der Waals surface area contributed by atoms with Gasteiger partial charge in [-0.15, -0.1) is 0 Å². The van der Waals surface area contributed by atoms with Gasteiger partial charge in [-0.05, 0) is 49.2 Å². The lowest BCUT2D eigenvalue weighted by Gasteiger charge is -1.93. The van der Waals surface area contributed by atoms with Crippen LogP contribution in [0.1, 0.15) is 11.1 Å². The second-order valence-electron chi connectivity index (χ2n) is 5.12. The molecule has 0 aliphatic heterocycles. The predicted molar refractivity (Wildman–Crippen MR) is 102 cm³/mol. The van der Waals surface area contributed by atoms with Crippen LogP contribution in [0.4, 0.5) is 17.1 Å². The largest absolute Gasteiger partial charge is 0.399 e. The lowest BCUT2D eigenvalue weighted by atomic mass is 10.2. The van der Waals surface area contributed by atoms with Gasteiger partial charge in [-0.3, -0.25) is 0 Å². The first-order chi connectivity index (χ1) is 11.0. The molecule has 0 radical (unpaired) electrons. The Bertz CT molecular complexity index is 609. The molecule has 23 heavy (non-hydrogen) atoms. The van der Waals surface area contributed by atoms with E-state index in [0.717, 1.165) is 28.2 Å². The first-order valence-corrected chi connectivity index (χ1v) is 7.43. The third-order valence-corrected chi connectivity index (χ3v) is 3.18. The fraction of sp³-hybridized carbons (Fsp3) is 0.100. The van der Waals surface area contributed by atoms with Crippen molar-refractivity contribution in [2.75, 3.05) is 17.2 Å². The van der Waals surface area contributed by atoms with E-state index in [4.69, 9.17) is 17.2 Å². The highest BCUT2D eigenvalue weighted by Gasteiger charge is 1.85. The quantitative estimate of drug-likeness (QED) is 0.538. The summed E-state index contributed by atoms with van der Waals surface area (Å²) in [6, 6.07) is 25.1. The molecular weight excluding hydrogens is 282 g/mol. The van der Waals surface area contributed by atoms with E-state index in [2.05, 4.69) is 0 Å². The molecule has 3 nitrogen and oxygen atoms in total.